The zero-order chi connectivity index (χ0) is 13.7. The first-order valence-corrected chi connectivity index (χ1v) is 7.27. The Morgan fingerprint density at radius 1 is 1.32 bits per heavy atom. The molecule has 1 N–H and O–H groups in total. The third-order valence-corrected chi connectivity index (χ3v) is 3.77. The van der Waals surface area contributed by atoms with Gasteiger partial charge in [0.05, 0.1) is 12.7 Å². The third kappa shape index (κ3) is 3.78. The highest BCUT2D eigenvalue weighted by atomic mass is 16.5. The number of hydrogen-bond donors (Lipinski definition) is 1. The van der Waals surface area contributed by atoms with Crippen molar-refractivity contribution >= 4 is 0 Å². The average molecular weight is 262 g/mol. The van der Waals surface area contributed by atoms with Gasteiger partial charge in [-0.05, 0) is 18.5 Å². The van der Waals surface area contributed by atoms with Crippen molar-refractivity contribution in [1.82, 2.24) is 10.2 Å². The fourth-order valence-electron chi connectivity index (χ4n) is 3.01. The molecule has 0 aromatic heterocycles. The summed E-state index contributed by atoms with van der Waals surface area (Å²) in [6, 6.07) is 11.3. The summed E-state index contributed by atoms with van der Waals surface area (Å²) in [5, 5.41) is 3.21. The van der Waals surface area contributed by atoms with Gasteiger partial charge in [-0.25, -0.2) is 0 Å². The highest BCUT2D eigenvalue weighted by Crippen LogP contribution is 2.29. The van der Waals surface area contributed by atoms with Gasteiger partial charge in [-0.15, -0.1) is 0 Å². The van der Waals surface area contributed by atoms with Crippen molar-refractivity contribution in [3.05, 3.63) is 35.9 Å². The third-order valence-electron chi connectivity index (χ3n) is 3.77. The molecule has 3 nitrogen and oxygen atoms in total. The molecule has 1 saturated heterocycles. The summed E-state index contributed by atoms with van der Waals surface area (Å²) in [7, 11) is 1.99. The second-order valence-electron chi connectivity index (χ2n) is 5.64. The van der Waals surface area contributed by atoms with Crippen molar-refractivity contribution in [3.8, 4) is 0 Å². The van der Waals surface area contributed by atoms with E-state index in [0.29, 0.717) is 18.1 Å². The van der Waals surface area contributed by atoms with Crippen molar-refractivity contribution in [2.75, 3.05) is 33.3 Å². The van der Waals surface area contributed by atoms with Crippen molar-refractivity contribution in [2.24, 2.45) is 5.92 Å². The van der Waals surface area contributed by atoms with Crippen LogP contribution in [0.3, 0.4) is 0 Å². The van der Waals surface area contributed by atoms with Gasteiger partial charge >= 0.3 is 0 Å². The largest absolute Gasteiger partial charge is 0.374 e. The highest BCUT2D eigenvalue weighted by Gasteiger charge is 2.28. The van der Waals surface area contributed by atoms with Crippen molar-refractivity contribution < 1.29 is 4.74 Å². The lowest BCUT2D eigenvalue weighted by Crippen LogP contribution is -2.48. The van der Waals surface area contributed by atoms with Crippen LogP contribution in [-0.4, -0.2) is 44.3 Å². The SMILES string of the molecule is CNCC1CN(C(c2ccccc2)C(C)C)CCO1. The molecule has 0 bridgehead atoms. The quantitative estimate of drug-likeness (QED) is 0.881. The van der Waals surface area contributed by atoms with Crippen LogP contribution in [0.25, 0.3) is 0 Å². The standard InChI is InChI=1S/C16H26N2O/c1-13(2)16(14-7-5-4-6-8-14)18-9-10-19-15(12-18)11-17-3/h4-8,13,15-17H,9-12H2,1-3H3. The van der Waals surface area contributed by atoms with E-state index in [1.807, 2.05) is 7.05 Å². The number of nitrogens with one attached hydrogen (secondary N) is 1. The van der Waals surface area contributed by atoms with Crippen LogP contribution in [0.2, 0.25) is 0 Å². The molecule has 1 aromatic rings. The molecule has 19 heavy (non-hydrogen) atoms. The smallest absolute Gasteiger partial charge is 0.0826 e. The Hall–Kier alpha value is -0.900. The minimum absolute atomic E-state index is 0.309. The molecule has 1 heterocycles. The van der Waals surface area contributed by atoms with Gasteiger partial charge < -0.3 is 10.1 Å². The van der Waals surface area contributed by atoms with E-state index in [9.17, 15) is 0 Å². The summed E-state index contributed by atoms with van der Waals surface area (Å²) in [4.78, 5) is 2.57. The van der Waals surface area contributed by atoms with E-state index in [1.54, 1.807) is 0 Å². The molecule has 1 aromatic carbocycles. The topological polar surface area (TPSA) is 24.5 Å². The maximum atomic E-state index is 5.81. The average Bonchev–Trinajstić information content (AvgIpc) is 2.40. The van der Waals surface area contributed by atoms with Gasteiger partial charge in [-0.2, -0.15) is 0 Å². The van der Waals surface area contributed by atoms with Crippen LogP contribution in [0.5, 0.6) is 0 Å². The molecule has 0 amide bonds. The first-order chi connectivity index (χ1) is 9.22. The lowest BCUT2D eigenvalue weighted by atomic mass is 9.93. The molecular formula is C16H26N2O. The van der Waals surface area contributed by atoms with Gasteiger partial charge in [0.1, 0.15) is 0 Å². The van der Waals surface area contributed by atoms with Gasteiger partial charge in [0.15, 0.2) is 0 Å². The van der Waals surface area contributed by atoms with Crippen LogP contribution >= 0.6 is 0 Å². The molecule has 0 spiro atoms. The Bertz CT molecular complexity index is 364. The molecule has 0 saturated carbocycles. The van der Waals surface area contributed by atoms with Crippen molar-refractivity contribution in [2.45, 2.75) is 26.0 Å². The number of nitrogens with zero attached hydrogens (tertiary/aromatic N) is 1. The maximum absolute atomic E-state index is 5.81. The Morgan fingerprint density at radius 2 is 2.05 bits per heavy atom. The summed E-state index contributed by atoms with van der Waals surface area (Å²) in [5.41, 5.74) is 1.42. The van der Waals surface area contributed by atoms with E-state index < -0.39 is 0 Å². The Kier molecular flexibility index (Phi) is 5.37. The van der Waals surface area contributed by atoms with Crippen LogP contribution in [-0.2, 0) is 4.74 Å². The summed E-state index contributed by atoms with van der Waals surface area (Å²) in [6.45, 7) is 8.41. The molecule has 0 aliphatic carbocycles. The van der Waals surface area contributed by atoms with Crippen LogP contribution in [0.1, 0.15) is 25.5 Å². The van der Waals surface area contributed by atoms with E-state index >= 15 is 0 Å². The van der Waals surface area contributed by atoms with Crippen LogP contribution in [0.4, 0.5) is 0 Å². The summed E-state index contributed by atoms with van der Waals surface area (Å²) in [6.07, 6.45) is 0.309. The van der Waals surface area contributed by atoms with Gasteiger partial charge in [0, 0.05) is 25.7 Å². The van der Waals surface area contributed by atoms with E-state index in [4.69, 9.17) is 4.74 Å². The van der Waals surface area contributed by atoms with Gasteiger partial charge in [-0.3, -0.25) is 4.90 Å². The number of morpholine rings is 1. The van der Waals surface area contributed by atoms with Gasteiger partial charge in [0.2, 0.25) is 0 Å². The first kappa shape index (κ1) is 14.5. The minimum atomic E-state index is 0.309. The predicted octanol–water partition coefficient (Wildman–Crippen LogP) is 2.30. The van der Waals surface area contributed by atoms with E-state index in [-0.39, 0.29) is 0 Å². The molecule has 2 atom stereocenters. The monoisotopic (exact) mass is 262 g/mol. The maximum Gasteiger partial charge on any atom is 0.0826 e. The predicted molar refractivity (Wildman–Crippen MR) is 79.3 cm³/mol. The summed E-state index contributed by atoms with van der Waals surface area (Å²) >= 11 is 0. The fraction of sp³-hybridized carbons (Fsp3) is 0.625. The Morgan fingerprint density at radius 3 is 2.68 bits per heavy atom. The zero-order valence-corrected chi connectivity index (χ0v) is 12.3. The molecule has 2 rings (SSSR count). The van der Waals surface area contributed by atoms with Gasteiger partial charge in [-0.1, -0.05) is 44.2 Å². The second kappa shape index (κ2) is 7.04. The molecule has 1 aliphatic rings. The lowest BCUT2D eigenvalue weighted by molar-refractivity contribution is -0.0486. The van der Waals surface area contributed by atoms with Crippen LogP contribution in [0.15, 0.2) is 30.3 Å². The second-order valence-corrected chi connectivity index (χ2v) is 5.64. The van der Waals surface area contributed by atoms with Crippen molar-refractivity contribution in [1.29, 1.82) is 0 Å². The molecule has 2 unspecified atom stereocenters. The Balaban J connectivity index is 2.11. The van der Waals surface area contributed by atoms with E-state index in [1.165, 1.54) is 5.56 Å². The van der Waals surface area contributed by atoms with Crippen LogP contribution < -0.4 is 5.32 Å². The fourth-order valence-corrected chi connectivity index (χ4v) is 3.01. The first-order valence-electron chi connectivity index (χ1n) is 7.27. The number of rotatable bonds is 5. The molecule has 106 valence electrons. The number of ether oxygens (including phenoxy) is 1. The lowest BCUT2D eigenvalue weighted by Gasteiger charge is -2.40. The molecule has 3 heteroatoms. The zero-order valence-electron chi connectivity index (χ0n) is 12.3. The molecule has 1 fully saturated rings. The van der Waals surface area contributed by atoms with E-state index in [2.05, 4.69) is 54.4 Å². The molecule has 0 radical (unpaired) electrons. The number of likely N-dealkylation sites (N-methyl/N-ethyl adjacent to an activating group) is 1. The van der Waals surface area contributed by atoms with Gasteiger partial charge in [0.25, 0.3) is 0 Å². The number of benzene rings is 1. The minimum Gasteiger partial charge on any atom is -0.374 e. The number of hydrogen-bond acceptors (Lipinski definition) is 3. The summed E-state index contributed by atoms with van der Waals surface area (Å²) < 4.78 is 5.81. The normalized spacial score (nSPS) is 22.6. The van der Waals surface area contributed by atoms with E-state index in [0.717, 1.165) is 26.2 Å². The van der Waals surface area contributed by atoms with Crippen LogP contribution in [0, 0.1) is 5.92 Å². The Labute approximate surface area is 116 Å². The highest BCUT2D eigenvalue weighted by molar-refractivity contribution is 5.19. The molecular weight excluding hydrogens is 236 g/mol. The summed E-state index contributed by atoms with van der Waals surface area (Å²) in [5.74, 6) is 0.607. The molecule has 1 aliphatic heterocycles. The van der Waals surface area contributed by atoms with Crippen molar-refractivity contribution in [3.63, 3.8) is 0 Å².